The lowest BCUT2D eigenvalue weighted by atomic mass is 9.92. The van der Waals surface area contributed by atoms with Gasteiger partial charge in [-0.1, -0.05) is 19.9 Å². The number of carbonyl (C=O) groups excluding carboxylic acids is 1. The molecular formula is C20H34N4O3S2. The zero-order chi connectivity index (χ0) is 20.9. The maximum atomic E-state index is 13.2. The third-order valence-electron chi connectivity index (χ3n) is 5.74. The molecule has 2 unspecified atom stereocenters. The van der Waals surface area contributed by atoms with Gasteiger partial charge in [-0.05, 0) is 29.7 Å². The number of nitrogens with zero attached hydrogens (tertiary/aromatic N) is 3. The number of rotatable bonds is 8. The summed E-state index contributed by atoms with van der Waals surface area (Å²) >= 11 is 1.24. The Morgan fingerprint density at radius 1 is 1.21 bits per heavy atom. The van der Waals surface area contributed by atoms with Crippen LogP contribution in [-0.4, -0.2) is 87.3 Å². The molecule has 2 fully saturated rings. The van der Waals surface area contributed by atoms with E-state index in [2.05, 4.69) is 24.1 Å². The number of amides is 1. The molecule has 1 aromatic heterocycles. The number of piperazine rings is 1. The van der Waals surface area contributed by atoms with Crippen LogP contribution in [0.3, 0.4) is 0 Å². The highest BCUT2D eigenvalue weighted by atomic mass is 32.2. The molecule has 3 heterocycles. The van der Waals surface area contributed by atoms with E-state index in [1.54, 1.807) is 17.5 Å². The van der Waals surface area contributed by atoms with E-state index >= 15 is 0 Å². The second-order valence-electron chi connectivity index (χ2n) is 8.42. The molecule has 2 saturated heterocycles. The highest BCUT2D eigenvalue weighted by Crippen LogP contribution is 2.23. The van der Waals surface area contributed by atoms with Crippen LogP contribution in [0.15, 0.2) is 21.7 Å². The maximum Gasteiger partial charge on any atom is 0.252 e. The van der Waals surface area contributed by atoms with Crippen LogP contribution < -0.4 is 5.32 Å². The Morgan fingerprint density at radius 3 is 2.52 bits per heavy atom. The summed E-state index contributed by atoms with van der Waals surface area (Å²) in [6.45, 7) is 10.9. The smallest absolute Gasteiger partial charge is 0.252 e. The first kappa shape index (κ1) is 22.7. The second-order valence-corrected chi connectivity index (χ2v) is 11.5. The van der Waals surface area contributed by atoms with Gasteiger partial charge in [-0.15, -0.1) is 11.3 Å². The molecule has 0 bridgehead atoms. The SMILES string of the molecule is CC1CC(C)CN(CCN(CCC(=O)N2CCNCC2)S(=O)(=O)c2cccs2)C1. The first-order chi connectivity index (χ1) is 13.9. The summed E-state index contributed by atoms with van der Waals surface area (Å²) in [5.74, 6) is 1.31. The van der Waals surface area contributed by atoms with Gasteiger partial charge in [0.2, 0.25) is 5.91 Å². The first-order valence-corrected chi connectivity index (χ1v) is 12.9. The van der Waals surface area contributed by atoms with Gasteiger partial charge in [0, 0.05) is 65.3 Å². The number of piperidine rings is 1. The zero-order valence-corrected chi connectivity index (χ0v) is 19.2. The Morgan fingerprint density at radius 2 is 1.90 bits per heavy atom. The van der Waals surface area contributed by atoms with Crippen LogP contribution in [0.2, 0.25) is 0 Å². The minimum Gasteiger partial charge on any atom is -0.340 e. The van der Waals surface area contributed by atoms with Gasteiger partial charge in [0.1, 0.15) is 4.21 Å². The van der Waals surface area contributed by atoms with Crippen LogP contribution >= 0.6 is 11.3 Å². The summed E-state index contributed by atoms with van der Waals surface area (Å²) in [5.41, 5.74) is 0. The van der Waals surface area contributed by atoms with Crippen molar-refractivity contribution < 1.29 is 13.2 Å². The van der Waals surface area contributed by atoms with E-state index in [0.717, 1.165) is 26.2 Å². The summed E-state index contributed by atoms with van der Waals surface area (Å²) in [6.07, 6.45) is 1.46. The number of hydrogen-bond acceptors (Lipinski definition) is 6. The van der Waals surface area contributed by atoms with Crippen molar-refractivity contribution in [3.8, 4) is 0 Å². The summed E-state index contributed by atoms with van der Waals surface area (Å²) in [4.78, 5) is 16.8. The average molecular weight is 443 g/mol. The molecule has 0 spiro atoms. The molecule has 0 radical (unpaired) electrons. The Labute approximate surface area is 179 Å². The molecule has 2 atom stereocenters. The fourth-order valence-electron chi connectivity index (χ4n) is 4.41. The molecule has 29 heavy (non-hydrogen) atoms. The van der Waals surface area contributed by atoms with E-state index in [4.69, 9.17) is 0 Å². The Hall–Kier alpha value is -1.00. The highest BCUT2D eigenvalue weighted by Gasteiger charge is 2.29. The molecule has 1 N–H and O–H groups in total. The number of carbonyl (C=O) groups is 1. The van der Waals surface area contributed by atoms with Crippen molar-refractivity contribution in [1.29, 1.82) is 0 Å². The van der Waals surface area contributed by atoms with Crippen LogP contribution in [0.4, 0.5) is 0 Å². The molecule has 1 amide bonds. The van der Waals surface area contributed by atoms with E-state index < -0.39 is 10.0 Å². The van der Waals surface area contributed by atoms with Crippen LogP contribution in [-0.2, 0) is 14.8 Å². The number of nitrogens with one attached hydrogen (secondary N) is 1. The van der Waals surface area contributed by atoms with Gasteiger partial charge in [0.25, 0.3) is 10.0 Å². The van der Waals surface area contributed by atoms with Gasteiger partial charge < -0.3 is 15.1 Å². The largest absolute Gasteiger partial charge is 0.340 e. The van der Waals surface area contributed by atoms with E-state index in [1.165, 1.54) is 22.1 Å². The lowest BCUT2D eigenvalue weighted by molar-refractivity contribution is -0.131. The lowest BCUT2D eigenvalue weighted by Gasteiger charge is -2.36. The van der Waals surface area contributed by atoms with Crippen LogP contribution in [0.1, 0.15) is 26.7 Å². The van der Waals surface area contributed by atoms with Gasteiger partial charge in [-0.3, -0.25) is 4.79 Å². The quantitative estimate of drug-likeness (QED) is 0.661. The molecule has 0 saturated carbocycles. The van der Waals surface area contributed by atoms with Crippen LogP contribution in [0, 0.1) is 11.8 Å². The van der Waals surface area contributed by atoms with E-state index in [9.17, 15) is 13.2 Å². The van der Waals surface area contributed by atoms with E-state index in [0.29, 0.717) is 42.2 Å². The molecule has 7 nitrogen and oxygen atoms in total. The zero-order valence-electron chi connectivity index (χ0n) is 17.5. The van der Waals surface area contributed by atoms with E-state index in [1.807, 2.05) is 4.90 Å². The molecule has 0 aromatic carbocycles. The molecule has 9 heteroatoms. The molecule has 2 aliphatic rings. The fourth-order valence-corrected chi connectivity index (χ4v) is 6.99. The summed E-state index contributed by atoms with van der Waals surface area (Å²) in [7, 11) is -3.57. The molecule has 3 rings (SSSR count). The van der Waals surface area contributed by atoms with Crippen molar-refractivity contribution in [3.05, 3.63) is 17.5 Å². The third-order valence-corrected chi connectivity index (χ3v) is 9.02. The van der Waals surface area contributed by atoms with Gasteiger partial charge in [-0.2, -0.15) is 4.31 Å². The number of sulfonamides is 1. The summed E-state index contributed by atoms with van der Waals surface area (Å²) in [6, 6.07) is 3.41. The lowest BCUT2D eigenvalue weighted by Crippen LogP contribution is -2.48. The first-order valence-electron chi connectivity index (χ1n) is 10.6. The minimum absolute atomic E-state index is 0.0399. The second kappa shape index (κ2) is 10.3. The van der Waals surface area contributed by atoms with Crippen molar-refractivity contribution in [1.82, 2.24) is 19.4 Å². The molecular weight excluding hydrogens is 408 g/mol. The Kier molecular flexibility index (Phi) is 8.09. The van der Waals surface area contributed by atoms with Crippen LogP contribution in [0.25, 0.3) is 0 Å². The molecule has 0 aliphatic carbocycles. The Balaban J connectivity index is 1.64. The van der Waals surface area contributed by atoms with Gasteiger partial charge in [0.15, 0.2) is 0 Å². The summed E-state index contributed by atoms with van der Waals surface area (Å²) < 4.78 is 28.2. The molecule has 1 aromatic rings. The van der Waals surface area contributed by atoms with Crippen molar-refractivity contribution in [2.75, 3.05) is 58.9 Å². The fraction of sp³-hybridized carbons (Fsp3) is 0.750. The standard InChI is InChI=1S/C20H34N4O3S2/c1-17-14-18(2)16-22(15-17)11-12-24(29(26,27)20-4-3-13-28-20)8-5-19(25)23-9-6-21-7-10-23/h3-4,13,17-18,21H,5-12,14-16H2,1-2H3. The van der Waals surface area contributed by atoms with Crippen LogP contribution in [0.5, 0.6) is 0 Å². The van der Waals surface area contributed by atoms with E-state index in [-0.39, 0.29) is 18.9 Å². The predicted molar refractivity (Wildman–Crippen MR) is 117 cm³/mol. The third kappa shape index (κ3) is 6.24. The Bertz CT molecular complexity index is 738. The average Bonchev–Trinajstić information content (AvgIpc) is 3.23. The van der Waals surface area contributed by atoms with Gasteiger partial charge in [-0.25, -0.2) is 8.42 Å². The van der Waals surface area contributed by atoms with Crippen molar-refractivity contribution in [2.45, 2.75) is 30.9 Å². The van der Waals surface area contributed by atoms with Crippen molar-refractivity contribution in [3.63, 3.8) is 0 Å². The maximum absolute atomic E-state index is 13.2. The van der Waals surface area contributed by atoms with Gasteiger partial charge >= 0.3 is 0 Å². The predicted octanol–water partition coefficient (Wildman–Crippen LogP) is 1.54. The number of hydrogen-bond donors (Lipinski definition) is 1. The van der Waals surface area contributed by atoms with Crippen molar-refractivity contribution >= 4 is 27.3 Å². The minimum atomic E-state index is -3.57. The van der Waals surface area contributed by atoms with Gasteiger partial charge in [0.05, 0.1) is 0 Å². The number of thiophene rings is 1. The molecule has 2 aliphatic heterocycles. The highest BCUT2D eigenvalue weighted by molar-refractivity contribution is 7.91. The topological polar surface area (TPSA) is 73.0 Å². The molecule has 164 valence electrons. The summed E-state index contributed by atoms with van der Waals surface area (Å²) in [5, 5.41) is 5.02. The normalized spacial score (nSPS) is 24.2. The van der Waals surface area contributed by atoms with Crippen molar-refractivity contribution in [2.24, 2.45) is 11.8 Å². The monoisotopic (exact) mass is 442 g/mol. The number of likely N-dealkylation sites (tertiary alicyclic amines) is 1.